The van der Waals surface area contributed by atoms with Crippen LogP contribution in [0.15, 0.2) is 0 Å². The molecule has 0 unspecified atom stereocenters. The fourth-order valence-corrected chi connectivity index (χ4v) is 1.41. The second-order valence-corrected chi connectivity index (χ2v) is 3.45. The Morgan fingerprint density at radius 1 is 1.36 bits per heavy atom. The molecule has 0 atom stereocenters. The van der Waals surface area contributed by atoms with Gasteiger partial charge in [0.25, 0.3) is 0 Å². The van der Waals surface area contributed by atoms with E-state index in [1.807, 2.05) is 0 Å². The molecule has 0 fully saturated rings. The zero-order valence-electron chi connectivity index (χ0n) is 7.40. The molecular formula is C9H17BrO. The van der Waals surface area contributed by atoms with Crippen LogP contribution >= 0.6 is 15.9 Å². The molecule has 0 rings (SSSR count). The zero-order valence-corrected chi connectivity index (χ0v) is 8.99. The first-order valence-corrected chi connectivity index (χ1v) is 5.44. The van der Waals surface area contributed by atoms with Crippen LogP contribution in [0.5, 0.6) is 0 Å². The number of halogens is 1. The van der Waals surface area contributed by atoms with Gasteiger partial charge in [0.1, 0.15) is 5.78 Å². The summed E-state index contributed by atoms with van der Waals surface area (Å²) in [4.78, 5) is 10.9. The highest BCUT2D eigenvalue weighted by Crippen LogP contribution is 2.14. The standard InChI is InChI=1S/C9H17BrO/c1-3-8(4-2)5-6-9(11)7-10/h8H,3-7H2,1-2H3. The molecule has 0 saturated heterocycles. The molecule has 0 aromatic carbocycles. The van der Waals surface area contributed by atoms with E-state index in [9.17, 15) is 4.79 Å². The predicted molar refractivity (Wildman–Crippen MR) is 52.1 cm³/mol. The lowest BCUT2D eigenvalue weighted by molar-refractivity contribution is -0.116. The largest absolute Gasteiger partial charge is 0.299 e. The Morgan fingerprint density at radius 3 is 2.27 bits per heavy atom. The van der Waals surface area contributed by atoms with Gasteiger partial charge in [-0.05, 0) is 12.3 Å². The molecule has 0 heterocycles. The van der Waals surface area contributed by atoms with Crippen LogP contribution in [0.2, 0.25) is 0 Å². The number of ketones is 1. The topological polar surface area (TPSA) is 17.1 Å². The maximum Gasteiger partial charge on any atom is 0.143 e. The van der Waals surface area contributed by atoms with Gasteiger partial charge in [0.05, 0.1) is 5.33 Å². The summed E-state index contributed by atoms with van der Waals surface area (Å²) in [7, 11) is 0. The number of hydrogen-bond donors (Lipinski definition) is 0. The third-order valence-corrected chi connectivity index (χ3v) is 2.76. The van der Waals surface area contributed by atoms with Crippen molar-refractivity contribution < 1.29 is 4.79 Å². The average Bonchev–Trinajstić information content (AvgIpc) is 2.06. The van der Waals surface area contributed by atoms with Crippen molar-refractivity contribution in [2.75, 3.05) is 5.33 Å². The number of carbonyl (C=O) groups excluding carboxylic acids is 1. The number of hydrogen-bond acceptors (Lipinski definition) is 1. The summed E-state index contributed by atoms with van der Waals surface area (Å²) < 4.78 is 0. The van der Waals surface area contributed by atoms with Crippen LogP contribution in [0.1, 0.15) is 39.5 Å². The molecular weight excluding hydrogens is 204 g/mol. The van der Waals surface area contributed by atoms with Crippen LogP contribution in [0, 0.1) is 5.92 Å². The molecule has 66 valence electrons. The summed E-state index contributed by atoms with van der Waals surface area (Å²) >= 11 is 3.16. The first kappa shape index (κ1) is 11.2. The minimum Gasteiger partial charge on any atom is -0.299 e. The van der Waals surface area contributed by atoms with Crippen molar-refractivity contribution in [2.24, 2.45) is 5.92 Å². The highest BCUT2D eigenvalue weighted by Gasteiger charge is 2.05. The van der Waals surface area contributed by atoms with Gasteiger partial charge in [-0.2, -0.15) is 0 Å². The van der Waals surface area contributed by atoms with Gasteiger partial charge < -0.3 is 0 Å². The van der Waals surface area contributed by atoms with Gasteiger partial charge >= 0.3 is 0 Å². The molecule has 0 radical (unpaired) electrons. The fraction of sp³-hybridized carbons (Fsp3) is 0.889. The quantitative estimate of drug-likeness (QED) is 0.629. The number of rotatable bonds is 6. The normalized spacial score (nSPS) is 10.5. The van der Waals surface area contributed by atoms with Crippen LogP contribution < -0.4 is 0 Å². The van der Waals surface area contributed by atoms with Crippen LogP contribution in [0.4, 0.5) is 0 Å². The van der Waals surface area contributed by atoms with E-state index in [0.717, 1.165) is 18.8 Å². The van der Waals surface area contributed by atoms with E-state index in [1.54, 1.807) is 0 Å². The predicted octanol–water partition coefficient (Wildman–Crippen LogP) is 3.17. The second-order valence-electron chi connectivity index (χ2n) is 2.89. The van der Waals surface area contributed by atoms with Gasteiger partial charge in [-0.1, -0.05) is 42.6 Å². The summed E-state index contributed by atoms with van der Waals surface area (Å²) in [5.74, 6) is 1.08. The van der Waals surface area contributed by atoms with Crippen molar-refractivity contribution in [1.29, 1.82) is 0 Å². The van der Waals surface area contributed by atoms with Crippen molar-refractivity contribution in [3.63, 3.8) is 0 Å². The van der Waals surface area contributed by atoms with Crippen LogP contribution in [-0.2, 0) is 4.79 Å². The molecule has 2 heteroatoms. The molecule has 0 aliphatic rings. The minimum absolute atomic E-state index is 0.330. The molecule has 0 aliphatic heterocycles. The van der Waals surface area contributed by atoms with Crippen molar-refractivity contribution in [3.8, 4) is 0 Å². The third-order valence-electron chi connectivity index (χ3n) is 2.14. The lowest BCUT2D eigenvalue weighted by Crippen LogP contribution is -2.04. The fourth-order valence-electron chi connectivity index (χ4n) is 1.13. The smallest absolute Gasteiger partial charge is 0.143 e. The van der Waals surface area contributed by atoms with Gasteiger partial charge in [-0.15, -0.1) is 0 Å². The zero-order chi connectivity index (χ0) is 8.69. The highest BCUT2D eigenvalue weighted by atomic mass is 79.9. The maximum absolute atomic E-state index is 10.9. The molecule has 0 spiro atoms. The van der Waals surface area contributed by atoms with E-state index in [0.29, 0.717) is 11.1 Å². The first-order chi connectivity index (χ1) is 5.24. The maximum atomic E-state index is 10.9. The molecule has 0 bridgehead atoms. The molecule has 0 aromatic heterocycles. The molecule has 1 nitrogen and oxygen atoms in total. The van der Waals surface area contributed by atoms with E-state index >= 15 is 0 Å². The van der Waals surface area contributed by atoms with Crippen LogP contribution in [-0.4, -0.2) is 11.1 Å². The first-order valence-electron chi connectivity index (χ1n) is 4.32. The summed E-state index contributed by atoms with van der Waals surface area (Å²) in [6.45, 7) is 4.37. The SMILES string of the molecule is CCC(CC)CCC(=O)CBr. The van der Waals surface area contributed by atoms with E-state index in [1.165, 1.54) is 12.8 Å². The Kier molecular flexibility index (Phi) is 6.93. The molecule has 0 aromatic rings. The van der Waals surface area contributed by atoms with Gasteiger partial charge in [0.15, 0.2) is 0 Å². The van der Waals surface area contributed by atoms with E-state index in [2.05, 4.69) is 29.8 Å². The van der Waals surface area contributed by atoms with Crippen LogP contribution in [0.25, 0.3) is 0 Å². The summed E-state index contributed by atoms with van der Waals surface area (Å²) in [6, 6.07) is 0. The minimum atomic E-state index is 0.330. The molecule has 0 aliphatic carbocycles. The number of carbonyl (C=O) groups is 1. The summed E-state index contributed by atoms with van der Waals surface area (Å²) in [5.41, 5.74) is 0. The van der Waals surface area contributed by atoms with E-state index < -0.39 is 0 Å². The van der Waals surface area contributed by atoms with Crippen LogP contribution in [0.3, 0.4) is 0 Å². The lowest BCUT2D eigenvalue weighted by Gasteiger charge is -2.09. The molecule has 11 heavy (non-hydrogen) atoms. The Hall–Kier alpha value is 0.150. The Balaban J connectivity index is 3.42. The van der Waals surface area contributed by atoms with Gasteiger partial charge in [0, 0.05) is 6.42 Å². The monoisotopic (exact) mass is 220 g/mol. The van der Waals surface area contributed by atoms with E-state index in [-0.39, 0.29) is 0 Å². The van der Waals surface area contributed by atoms with Crippen molar-refractivity contribution >= 4 is 21.7 Å². The van der Waals surface area contributed by atoms with Gasteiger partial charge in [0.2, 0.25) is 0 Å². The third kappa shape index (κ3) is 5.42. The van der Waals surface area contributed by atoms with Crippen molar-refractivity contribution in [1.82, 2.24) is 0 Å². The number of alkyl halides is 1. The Morgan fingerprint density at radius 2 is 1.91 bits per heavy atom. The summed E-state index contributed by atoms with van der Waals surface area (Å²) in [6.07, 6.45) is 4.22. The average molecular weight is 221 g/mol. The summed E-state index contributed by atoms with van der Waals surface area (Å²) in [5, 5.41) is 0.521. The lowest BCUT2D eigenvalue weighted by atomic mass is 9.97. The number of Topliss-reactive ketones (excluding diaryl/α,β-unsaturated/α-hetero) is 1. The van der Waals surface area contributed by atoms with Crippen molar-refractivity contribution in [2.45, 2.75) is 39.5 Å². The molecule has 0 N–H and O–H groups in total. The van der Waals surface area contributed by atoms with Gasteiger partial charge in [-0.3, -0.25) is 4.79 Å². The molecule has 0 amide bonds. The Labute approximate surface area is 77.7 Å². The van der Waals surface area contributed by atoms with Crippen molar-refractivity contribution in [3.05, 3.63) is 0 Å². The highest BCUT2D eigenvalue weighted by molar-refractivity contribution is 9.09. The Bertz CT molecular complexity index is 108. The molecule has 0 saturated carbocycles. The second kappa shape index (κ2) is 6.84. The van der Waals surface area contributed by atoms with Gasteiger partial charge in [-0.25, -0.2) is 0 Å². The van der Waals surface area contributed by atoms with E-state index in [4.69, 9.17) is 0 Å².